The molecule has 0 saturated heterocycles. The molecule has 0 saturated carbocycles. The highest BCUT2D eigenvalue weighted by Crippen LogP contribution is 2.32. The van der Waals surface area contributed by atoms with Crippen molar-refractivity contribution in [3.8, 4) is 0 Å². The zero-order chi connectivity index (χ0) is 15.1. The lowest BCUT2D eigenvalue weighted by Gasteiger charge is -2.33. The van der Waals surface area contributed by atoms with Gasteiger partial charge < -0.3 is 5.32 Å². The van der Waals surface area contributed by atoms with Crippen LogP contribution in [-0.4, -0.2) is 18.1 Å². The van der Waals surface area contributed by atoms with E-state index in [0.717, 1.165) is 31.6 Å². The lowest BCUT2D eigenvalue weighted by Crippen LogP contribution is -2.40. The van der Waals surface area contributed by atoms with Crippen molar-refractivity contribution in [1.82, 2.24) is 10.3 Å². The average molecular weight is 302 g/mol. The van der Waals surface area contributed by atoms with Crippen LogP contribution in [0.15, 0.2) is 35.7 Å². The van der Waals surface area contributed by atoms with Crippen LogP contribution >= 0.6 is 11.3 Å². The van der Waals surface area contributed by atoms with E-state index < -0.39 is 0 Å². The first-order valence-electron chi connectivity index (χ1n) is 7.87. The Morgan fingerprint density at radius 1 is 1.19 bits per heavy atom. The number of hydrogen-bond donors (Lipinski definition) is 1. The fourth-order valence-corrected chi connectivity index (χ4v) is 3.71. The first-order valence-corrected chi connectivity index (χ1v) is 8.75. The van der Waals surface area contributed by atoms with Gasteiger partial charge >= 0.3 is 0 Å². The molecular weight excluding hydrogens is 276 g/mol. The molecule has 1 heterocycles. The number of thiazole rings is 1. The van der Waals surface area contributed by atoms with E-state index in [4.69, 9.17) is 0 Å². The zero-order valence-electron chi connectivity index (χ0n) is 13.4. The molecule has 0 bridgehead atoms. The number of nitrogens with zero attached hydrogens (tertiary/aromatic N) is 1. The van der Waals surface area contributed by atoms with Crippen molar-refractivity contribution in [2.75, 3.05) is 13.1 Å². The van der Waals surface area contributed by atoms with Crippen LogP contribution in [0.4, 0.5) is 0 Å². The normalized spacial score (nSPS) is 14.0. The molecule has 114 valence electrons. The molecule has 0 radical (unpaired) electrons. The van der Waals surface area contributed by atoms with Crippen molar-refractivity contribution in [3.05, 3.63) is 52.0 Å². The van der Waals surface area contributed by atoms with Crippen molar-refractivity contribution >= 4 is 11.3 Å². The predicted octanol–water partition coefficient (Wildman–Crippen LogP) is 4.34. The summed E-state index contributed by atoms with van der Waals surface area (Å²) in [5, 5.41) is 7.03. The maximum Gasteiger partial charge on any atom is 0.0937 e. The van der Waals surface area contributed by atoms with Gasteiger partial charge in [0.1, 0.15) is 0 Å². The summed E-state index contributed by atoms with van der Waals surface area (Å²) in [5.41, 5.74) is 2.69. The Kier molecular flexibility index (Phi) is 5.95. The van der Waals surface area contributed by atoms with Crippen LogP contribution in [0.5, 0.6) is 0 Å². The molecular formula is C18H26N2S. The van der Waals surface area contributed by atoms with E-state index >= 15 is 0 Å². The number of aryl methyl sites for hydroxylation is 1. The Labute approximate surface area is 132 Å². The third-order valence-corrected chi connectivity index (χ3v) is 5.08. The minimum atomic E-state index is 0.140. The van der Waals surface area contributed by atoms with E-state index in [1.807, 2.05) is 0 Å². The molecule has 0 aliphatic carbocycles. The van der Waals surface area contributed by atoms with Gasteiger partial charge in [0.25, 0.3) is 0 Å². The lowest BCUT2D eigenvalue weighted by atomic mass is 9.75. The van der Waals surface area contributed by atoms with Crippen molar-refractivity contribution in [2.24, 2.45) is 0 Å². The molecule has 2 nitrogen and oxygen atoms in total. The second kappa shape index (κ2) is 7.71. The van der Waals surface area contributed by atoms with Gasteiger partial charge in [0, 0.05) is 29.5 Å². The molecule has 0 amide bonds. The van der Waals surface area contributed by atoms with E-state index in [-0.39, 0.29) is 5.41 Å². The van der Waals surface area contributed by atoms with Gasteiger partial charge in [-0.25, -0.2) is 4.98 Å². The van der Waals surface area contributed by atoms with E-state index in [9.17, 15) is 0 Å². The third kappa shape index (κ3) is 4.14. The van der Waals surface area contributed by atoms with Crippen LogP contribution in [0.1, 0.15) is 43.0 Å². The van der Waals surface area contributed by atoms with Crippen LogP contribution in [0.2, 0.25) is 0 Å². The van der Waals surface area contributed by atoms with Crippen molar-refractivity contribution in [3.63, 3.8) is 0 Å². The van der Waals surface area contributed by atoms with Gasteiger partial charge in [-0.1, -0.05) is 44.2 Å². The van der Waals surface area contributed by atoms with Crippen LogP contribution in [-0.2, 0) is 11.8 Å². The van der Waals surface area contributed by atoms with Gasteiger partial charge in [-0.3, -0.25) is 0 Å². The van der Waals surface area contributed by atoms with Crippen molar-refractivity contribution in [1.29, 1.82) is 0 Å². The standard InChI is InChI=1S/C18H26N2S/c1-4-11-19-14-18(5-2,16-9-7-6-8-10-16)12-17-20-15(3)13-21-17/h6-10,13,19H,4-5,11-12,14H2,1-3H3. The second-order valence-corrected chi connectivity index (χ2v) is 6.68. The summed E-state index contributed by atoms with van der Waals surface area (Å²) in [7, 11) is 0. The van der Waals surface area contributed by atoms with Gasteiger partial charge in [-0.2, -0.15) is 0 Å². The maximum absolute atomic E-state index is 4.69. The molecule has 1 aromatic carbocycles. The van der Waals surface area contributed by atoms with Gasteiger partial charge in [-0.05, 0) is 31.9 Å². The Balaban J connectivity index is 2.27. The molecule has 1 unspecified atom stereocenters. The highest BCUT2D eigenvalue weighted by molar-refractivity contribution is 7.09. The second-order valence-electron chi connectivity index (χ2n) is 5.74. The Morgan fingerprint density at radius 3 is 2.52 bits per heavy atom. The summed E-state index contributed by atoms with van der Waals surface area (Å²) in [5.74, 6) is 0. The monoisotopic (exact) mass is 302 g/mol. The minimum Gasteiger partial charge on any atom is -0.316 e. The molecule has 0 fully saturated rings. The van der Waals surface area contributed by atoms with E-state index in [2.05, 4.69) is 66.8 Å². The summed E-state index contributed by atoms with van der Waals surface area (Å²) in [6.07, 6.45) is 3.31. The first kappa shape index (κ1) is 16.2. The fourth-order valence-electron chi connectivity index (χ4n) is 2.79. The topological polar surface area (TPSA) is 24.9 Å². The molecule has 1 aromatic heterocycles. The smallest absolute Gasteiger partial charge is 0.0937 e. The number of nitrogens with one attached hydrogen (secondary N) is 1. The maximum atomic E-state index is 4.69. The Hall–Kier alpha value is -1.19. The Morgan fingerprint density at radius 2 is 1.95 bits per heavy atom. The van der Waals surface area contributed by atoms with Crippen molar-refractivity contribution in [2.45, 2.75) is 45.4 Å². The SMILES string of the molecule is CCCNCC(CC)(Cc1nc(C)cs1)c1ccccc1. The van der Waals surface area contributed by atoms with Crippen LogP contribution in [0, 0.1) is 6.92 Å². The van der Waals surface area contributed by atoms with E-state index in [0.29, 0.717) is 0 Å². The fraction of sp³-hybridized carbons (Fsp3) is 0.500. The van der Waals surface area contributed by atoms with E-state index in [1.54, 1.807) is 11.3 Å². The lowest BCUT2D eigenvalue weighted by molar-refractivity contribution is 0.377. The molecule has 21 heavy (non-hydrogen) atoms. The molecule has 0 aliphatic rings. The van der Waals surface area contributed by atoms with Gasteiger partial charge in [0.2, 0.25) is 0 Å². The molecule has 2 aromatic rings. The quantitative estimate of drug-likeness (QED) is 0.734. The summed E-state index contributed by atoms with van der Waals surface area (Å²) >= 11 is 1.79. The largest absolute Gasteiger partial charge is 0.316 e. The molecule has 1 atom stereocenters. The zero-order valence-corrected chi connectivity index (χ0v) is 14.2. The molecule has 0 aliphatic heterocycles. The molecule has 0 spiro atoms. The van der Waals surface area contributed by atoms with Crippen LogP contribution in [0.3, 0.4) is 0 Å². The highest BCUT2D eigenvalue weighted by atomic mass is 32.1. The number of aromatic nitrogens is 1. The first-order chi connectivity index (χ1) is 10.2. The summed E-state index contributed by atoms with van der Waals surface area (Å²) < 4.78 is 0. The van der Waals surface area contributed by atoms with Crippen LogP contribution < -0.4 is 5.32 Å². The van der Waals surface area contributed by atoms with Gasteiger partial charge in [-0.15, -0.1) is 11.3 Å². The third-order valence-electron chi connectivity index (χ3n) is 4.11. The van der Waals surface area contributed by atoms with Crippen molar-refractivity contribution < 1.29 is 0 Å². The minimum absolute atomic E-state index is 0.140. The van der Waals surface area contributed by atoms with Crippen LogP contribution in [0.25, 0.3) is 0 Å². The summed E-state index contributed by atoms with van der Waals surface area (Å²) in [4.78, 5) is 4.69. The molecule has 1 N–H and O–H groups in total. The number of hydrogen-bond acceptors (Lipinski definition) is 3. The Bertz CT molecular complexity index is 535. The van der Waals surface area contributed by atoms with Gasteiger partial charge in [0.15, 0.2) is 0 Å². The highest BCUT2D eigenvalue weighted by Gasteiger charge is 2.31. The van der Waals surface area contributed by atoms with Gasteiger partial charge in [0.05, 0.1) is 5.01 Å². The molecule has 2 rings (SSSR count). The molecule has 3 heteroatoms. The number of benzene rings is 1. The van der Waals surface area contributed by atoms with E-state index in [1.165, 1.54) is 17.0 Å². The summed E-state index contributed by atoms with van der Waals surface area (Å²) in [6, 6.07) is 10.9. The number of rotatable bonds is 8. The average Bonchev–Trinajstić information content (AvgIpc) is 2.92. The predicted molar refractivity (Wildman–Crippen MR) is 92.1 cm³/mol. The summed E-state index contributed by atoms with van der Waals surface area (Å²) in [6.45, 7) is 8.67.